The van der Waals surface area contributed by atoms with Gasteiger partial charge in [0.25, 0.3) is 5.69 Å². The first-order valence-corrected chi connectivity index (χ1v) is 12.0. The largest absolute Gasteiger partial charge is 0.262 e. The van der Waals surface area contributed by atoms with Crippen molar-refractivity contribution in [1.29, 1.82) is 21.0 Å². The molecule has 2 atom stereocenters. The van der Waals surface area contributed by atoms with Gasteiger partial charge in [0.2, 0.25) is 5.70 Å². The molecule has 236 valence electrons. The van der Waals surface area contributed by atoms with Crippen molar-refractivity contribution >= 4 is 17.0 Å². The number of nitriles is 4. The zero-order valence-electron chi connectivity index (χ0n) is 22.4. The first kappa shape index (κ1) is 34.1. The van der Waals surface area contributed by atoms with Gasteiger partial charge in [-0.3, -0.25) is 0 Å². The predicted octanol–water partition coefficient (Wildman–Crippen LogP) is 8.19. The average Bonchev–Trinajstić information content (AvgIpc) is 3.78. The van der Waals surface area contributed by atoms with Gasteiger partial charge in [0, 0.05) is 11.5 Å². The lowest BCUT2D eigenvalue weighted by Crippen LogP contribution is -2.11. The van der Waals surface area contributed by atoms with E-state index in [-0.39, 0.29) is 0 Å². The van der Waals surface area contributed by atoms with Gasteiger partial charge in [-0.15, -0.1) is 0 Å². The summed E-state index contributed by atoms with van der Waals surface area (Å²) >= 11 is 0. The Bertz CT molecular complexity index is 2150. The third-order valence-electron chi connectivity index (χ3n) is 6.98. The van der Waals surface area contributed by atoms with Crippen molar-refractivity contribution in [3.05, 3.63) is 132 Å². The Morgan fingerprint density at radius 2 is 0.979 bits per heavy atom. The summed E-state index contributed by atoms with van der Waals surface area (Å²) in [4.78, 5) is 4.89. The highest BCUT2D eigenvalue weighted by Crippen LogP contribution is 2.61. The van der Waals surface area contributed by atoms with Crippen LogP contribution < -0.4 is 0 Å². The number of halogens is 12. The summed E-state index contributed by atoms with van der Waals surface area (Å²) in [6.45, 7) is 14.1. The molecule has 0 bridgehead atoms. The molecule has 0 N–H and O–H groups in total. The third-order valence-corrected chi connectivity index (χ3v) is 6.98. The molecule has 1 fully saturated rings. The Hall–Kier alpha value is -6.76. The molecule has 1 aliphatic rings. The summed E-state index contributed by atoms with van der Waals surface area (Å²) in [5, 5.41) is 37.4. The Morgan fingerprint density at radius 3 is 1.31 bits per heavy atom. The summed E-state index contributed by atoms with van der Waals surface area (Å²) < 4.78 is 178. The van der Waals surface area contributed by atoms with Crippen molar-refractivity contribution in [2.24, 2.45) is 5.92 Å². The molecule has 3 aromatic carbocycles. The summed E-state index contributed by atoms with van der Waals surface area (Å²) in [7, 11) is 0. The molecule has 0 aliphatic heterocycles. The minimum atomic E-state index is -2.82. The Morgan fingerprint density at radius 1 is 0.562 bits per heavy atom. The van der Waals surface area contributed by atoms with E-state index in [0.717, 1.165) is 24.3 Å². The Balaban J connectivity index is 2.27. The van der Waals surface area contributed by atoms with Crippen LogP contribution >= 0.6 is 0 Å². The minimum Gasteiger partial charge on any atom is -0.237 e. The van der Waals surface area contributed by atoms with Crippen molar-refractivity contribution in [3.8, 4) is 24.3 Å². The number of hydrogen-bond donors (Lipinski definition) is 0. The molecular formula is C30H2F12N6. The van der Waals surface area contributed by atoms with Crippen LogP contribution in [0.5, 0.6) is 0 Å². The molecule has 4 rings (SSSR count). The molecule has 18 heteroatoms. The van der Waals surface area contributed by atoms with Gasteiger partial charge in [0.05, 0.1) is 41.8 Å². The number of rotatable bonds is 4. The van der Waals surface area contributed by atoms with Gasteiger partial charge in [-0.1, -0.05) is 0 Å². The fourth-order valence-electron chi connectivity index (χ4n) is 4.84. The average molecular weight is 674 g/mol. The van der Waals surface area contributed by atoms with Gasteiger partial charge in [-0.25, -0.2) is 62.4 Å². The molecule has 6 nitrogen and oxygen atoms in total. The lowest BCUT2D eigenvalue weighted by molar-refractivity contribution is 0.438. The molecular weight excluding hydrogens is 672 g/mol. The monoisotopic (exact) mass is 674 g/mol. The number of nitrogens with zero attached hydrogens (tertiary/aromatic N) is 6. The van der Waals surface area contributed by atoms with Crippen LogP contribution in [0.4, 0.5) is 58.4 Å². The zero-order valence-corrected chi connectivity index (χ0v) is 22.4. The maximum absolute atomic E-state index is 15.1. The van der Waals surface area contributed by atoms with Gasteiger partial charge >= 0.3 is 0 Å². The minimum absolute atomic E-state index is 0.780. The van der Waals surface area contributed by atoms with Crippen LogP contribution in [0.1, 0.15) is 33.7 Å². The van der Waals surface area contributed by atoms with Gasteiger partial charge in [0.1, 0.15) is 29.3 Å². The second kappa shape index (κ2) is 12.2. The lowest BCUT2D eigenvalue weighted by Gasteiger charge is -2.13. The van der Waals surface area contributed by atoms with E-state index in [0.29, 0.717) is 0 Å². The molecule has 1 aliphatic carbocycles. The standard InChI is InChI=1S/C30H2F12N6/c1-47-29(16-25(39)19(33)10(6-46)20(34)26(16)40)15-11(7(3-43)13-21(35)17(31)9(5-45)18(32)22(13)36)12(15)8(4-44)14-23(37)27(41)30(48-2)28(42)24(14)38/h8,12H/b11-7+,29-15-. The molecule has 0 radical (unpaired) electrons. The third kappa shape index (κ3) is 4.64. The van der Waals surface area contributed by atoms with Gasteiger partial charge in [0.15, 0.2) is 69.8 Å². The molecule has 0 heterocycles. The highest BCUT2D eigenvalue weighted by molar-refractivity contribution is 5.96. The molecule has 0 saturated heterocycles. The smallest absolute Gasteiger partial charge is 0.237 e. The van der Waals surface area contributed by atoms with Crippen LogP contribution in [-0.2, 0) is 0 Å². The highest BCUT2D eigenvalue weighted by Gasteiger charge is 2.52. The fourth-order valence-corrected chi connectivity index (χ4v) is 4.84. The van der Waals surface area contributed by atoms with E-state index in [1.165, 1.54) is 0 Å². The van der Waals surface area contributed by atoms with E-state index in [4.69, 9.17) is 23.7 Å². The van der Waals surface area contributed by atoms with Crippen molar-refractivity contribution in [2.45, 2.75) is 5.92 Å². The van der Waals surface area contributed by atoms with Crippen LogP contribution in [0.25, 0.3) is 21.0 Å². The predicted molar refractivity (Wildman–Crippen MR) is 132 cm³/mol. The van der Waals surface area contributed by atoms with Crippen LogP contribution in [-0.4, -0.2) is 0 Å². The van der Waals surface area contributed by atoms with Crippen molar-refractivity contribution in [2.75, 3.05) is 0 Å². The van der Waals surface area contributed by atoms with Crippen LogP contribution in [0.2, 0.25) is 0 Å². The quantitative estimate of drug-likeness (QED) is 0.121. The molecule has 0 spiro atoms. The molecule has 0 aromatic heterocycles. The number of hydrogen-bond acceptors (Lipinski definition) is 4. The Kier molecular flexibility index (Phi) is 8.68. The molecule has 2 unspecified atom stereocenters. The number of allylic oxidation sites excluding steroid dienone is 3. The van der Waals surface area contributed by atoms with Crippen LogP contribution in [0, 0.1) is 134 Å². The maximum atomic E-state index is 15.1. The zero-order chi connectivity index (χ0) is 36.1. The van der Waals surface area contributed by atoms with Crippen LogP contribution in [0.15, 0.2) is 11.1 Å². The fraction of sp³-hybridized carbons (Fsp3) is 0.0667. The van der Waals surface area contributed by atoms with Gasteiger partial charge in [-0.05, 0) is 11.1 Å². The van der Waals surface area contributed by atoms with Crippen molar-refractivity contribution in [3.63, 3.8) is 0 Å². The molecule has 0 amide bonds. The van der Waals surface area contributed by atoms with E-state index < -0.39 is 138 Å². The van der Waals surface area contributed by atoms with Crippen LogP contribution in [0.3, 0.4) is 0 Å². The van der Waals surface area contributed by atoms with Gasteiger partial charge < -0.3 is 0 Å². The highest BCUT2D eigenvalue weighted by atomic mass is 19.2. The van der Waals surface area contributed by atoms with Gasteiger partial charge in [-0.2, -0.15) is 21.0 Å². The molecule has 48 heavy (non-hydrogen) atoms. The second-order valence-electron chi connectivity index (χ2n) is 9.22. The van der Waals surface area contributed by atoms with Crippen molar-refractivity contribution < 1.29 is 52.7 Å². The Labute approximate surface area is 258 Å². The first-order valence-electron chi connectivity index (χ1n) is 12.0. The summed E-state index contributed by atoms with van der Waals surface area (Å²) in [6, 6.07) is 3.65. The van der Waals surface area contributed by atoms with E-state index in [2.05, 4.69) is 9.69 Å². The maximum Gasteiger partial charge on any atom is 0.262 e. The summed E-state index contributed by atoms with van der Waals surface area (Å²) in [5.41, 5.74) is -17.6. The lowest BCUT2D eigenvalue weighted by atomic mass is 9.91. The number of benzene rings is 3. The van der Waals surface area contributed by atoms with Crippen molar-refractivity contribution in [1.82, 2.24) is 0 Å². The normalized spacial score (nSPS) is 16.0. The molecule has 1 saturated carbocycles. The summed E-state index contributed by atoms with van der Waals surface area (Å²) in [5.74, 6) is -34.7. The SMILES string of the molecule is [C-]#[N+]/C(=C1/C(=C(\C#N)c2c(F)c(F)c(C#N)c(F)c2F)C1C(C#N)c1c(F)c(F)c([N+]#[C-])c(F)c1F)c1c(F)c(F)c(C#N)c(F)c1F. The van der Waals surface area contributed by atoms with E-state index in [1.807, 2.05) is 0 Å². The summed E-state index contributed by atoms with van der Waals surface area (Å²) in [6.07, 6.45) is 0. The van der Waals surface area contributed by atoms with E-state index in [9.17, 15) is 36.9 Å². The van der Waals surface area contributed by atoms with E-state index in [1.54, 1.807) is 0 Å². The van der Waals surface area contributed by atoms with E-state index >= 15 is 26.3 Å². The molecule has 3 aromatic rings. The first-order chi connectivity index (χ1) is 22.6. The topological polar surface area (TPSA) is 104 Å². The second-order valence-corrected chi connectivity index (χ2v) is 9.22.